The van der Waals surface area contributed by atoms with E-state index in [1.165, 1.54) is 10.6 Å². The zero-order valence-corrected chi connectivity index (χ0v) is 14.1. The lowest BCUT2D eigenvalue weighted by molar-refractivity contribution is -0.133. The van der Waals surface area contributed by atoms with Crippen molar-refractivity contribution in [2.24, 2.45) is 0 Å². The Bertz CT molecular complexity index is 673. The second kappa shape index (κ2) is 6.52. The van der Waals surface area contributed by atoms with Crippen LogP contribution in [0, 0.1) is 0 Å². The molecule has 1 aromatic heterocycles. The molecule has 10 heteroatoms. The van der Waals surface area contributed by atoms with E-state index in [2.05, 4.69) is 15.5 Å². The van der Waals surface area contributed by atoms with Crippen molar-refractivity contribution >= 4 is 15.9 Å². The number of hydrogen-bond acceptors (Lipinski definition) is 6. The Morgan fingerprint density at radius 3 is 2.70 bits per heavy atom. The highest BCUT2D eigenvalue weighted by Crippen LogP contribution is 2.26. The number of carbonyl (C=O) groups is 1. The minimum Gasteiger partial charge on any atom is -0.341 e. The van der Waals surface area contributed by atoms with Gasteiger partial charge in [-0.2, -0.15) is 0 Å². The van der Waals surface area contributed by atoms with Gasteiger partial charge in [0.15, 0.2) is 5.82 Å². The molecule has 0 aromatic carbocycles. The molecule has 2 aliphatic rings. The molecule has 1 saturated heterocycles. The Kier molecular flexibility index (Phi) is 4.62. The van der Waals surface area contributed by atoms with Crippen molar-refractivity contribution in [3.05, 3.63) is 5.82 Å². The predicted molar refractivity (Wildman–Crippen MR) is 82.0 cm³/mol. The highest BCUT2D eigenvalue weighted by Gasteiger charge is 2.33. The molecule has 2 aliphatic heterocycles. The third-order valence-electron chi connectivity index (χ3n) is 4.52. The zero-order valence-electron chi connectivity index (χ0n) is 13.3. The number of fused-ring (bicyclic) bond motifs is 1. The first kappa shape index (κ1) is 16.3. The molecular weight excluding hydrogens is 320 g/mol. The van der Waals surface area contributed by atoms with Gasteiger partial charge in [-0.15, -0.1) is 5.10 Å². The number of rotatable bonds is 2. The van der Waals surface area contributed by atoms with E-state index < -0.39 is 10.0 Å². The van der Waals surface area contributed by atoms with Gasteiger partial charge in [-0.05, 0) is 29.7 Å². The van der Waals surface area contributed by atoms with Crippen LogP contribution >= 0.6 is 0 Å². The van der Waals surface area contributed by atoms with Gasteiger partial charge in [0.25, 0.3) is 0 Å². The monoisotopic (exact) mass is 342 g/mol. The normalized spacial score (nSPS) is 23.9. The largest absolute Gasteiger partial charge is 0.341 e. The highest BCUT2D eigenvalue weighted by atomic mass is 32.2. The lowest BCUT2D eigenvalue weighted by Crippen LogP contribution is -2.39. The number of aromatic nitrogens is 4. The molecule has 0 radical (unpaired) electrons. The molecule has 0 saturated carbocycles. The average molecular weight is 342 g/mol. The third kappa shape index (κ3) is 3.52. The molecule has 0 unspecified atom stereocenters. The van der Waals surface area contributed by atoms with Gasteiger partial charge < -0.3 is 4.90 Å². The molecule has 3 heterocycles. The van der Waals surface area contributed by atoms with E-state index in [-0.39, 0.29) is 11.8 Å². The van der Waals surface area contributed by atoms with Crippen LogP contribution < -0.4 is 0 Å². The Hall–Kier alpha value is -1.55. The number of carbonyl (C=O) groups excluding carboxylic acids is 1. The molecule has 1 atom stereocenters. The lowest BCUT2D eigenvalue weighted by atomic mass is 10.0. The Morgan fingerprint density at radius 1 is 1.09 bits per heavy atom. The summed E-state index contributed by atoms with van der Waals surface area (Å²) in [5.74, 6) is 0.326. The standard InChI is InChI=1S/C13H22N6O3S/c1-23(21,22)18-7-4-6-17(9-10-18)13(20)11-5-2-3-8-19-12(11)14-15-16-19/h11H,2-10H2,1H3/t11-/m1/s1. The van der Waals surface area contributed by atoms with Gasteiger partial charge in [-0.1, -0.05) is 6.42 Å². The summed E-state index contributed by atoms with van der Waals surface area (Å²) in [6.45, 7) is 2.55. The van der Waals surface area contributed by atoms with E-state index in [1.807, 2.05) is 0 Å². The number of tetrazole rings is 1. The van der Waals surface area contributed by atoms with Crippen LogP contribution in [0.2, 0.25) is 0 Å². The maximum atomic E-state index is 12.9. The maximum absolute atomic E-state index is 12.9. The van der Waals surface area contributed by atoms with E-state index >= 15 is 0 Å². The van der Waals surface area contributed by atoms with Gasteiger partial charge in [0.2, 0.25) is 15.9 Å². The van der Waals surface area contributed by atoms with Crippen LogP contribution in [-0.2, 0) is 21.4 Å². The molecule has 0 bridgehead atoms. The molecule has 0 N–H and O–H groups in total. The Labute approximate surface area is 135 Å². The minimum atomic E-state index is -3.21. The van der Waals surface area contributed by atoms with Gasteiger partial charge in [0.05, 0.1) is 12.2 Å². The molecule has 3 rings (SSSR count). The molecule has 0 aliphatic carbocycles. The average Bonchev–Trinajstić information content (AvgIpc) is 2.73. The Balaban J connectivity index is 1.74. The van der Waals surface area contributed by atoms with E-state index in [0.29, 0.717) is 38.4 Å². The van der Waals surface area contributed by atoms with E-state index in [4.69, 9.17) is 0 Å². The van der Waals surface area contributed by atoms with Gasteiger partial charge in [-0.3, -0.25) is 4.79 Å². The number of sulfonamides is 1. The van der Waals surface area contributed by atoms with Crippen LogP contribution in [0.3, 0.4) is 0 Å². The van der Waals surface area contributed by atoms with Crippen molar-refractivity contribution in [2.75, 3.05) is 32.4 Å². The van der Waals surface area contributed by atoms with Crippen LogP contribution in [0.5, 0.6) is 0 Å². The predicted octanol–water partition coefficient (Wildman–Crippen LogP) is -0.565. The summed E-state index contributed by atoms with van der Waals surface area (Å²) in [5, 5.41) is 11.7. The van der Waals surface area contributed by atoms with Crippen LogP contribution in [0.15, 0.2) is 0 Å². The smallest absolute Gasteiger partial charge is 0.233 e. The van der Waals surface area contributed by atoms with Gasteiger partial charge in [-0.25, -0.2) is 17.4 Å². The van der Waals surface area contributed by atoms with Gasteiger partial charge in [0.1, 0.15) is 0 Å². The SMILES string of the molecule is CS(=O)(=O)N1CCCN(C(=O)[C@@H]2CCCCn3nnnc32)CC1. The third-order valence-corrected chi connectivity index (χ3v) is 5.82. The summed E-state index contributed by atoms with van der Waals surface area (Å²) in [4.78, 5) is 14.7. The molecule has 0 spiro atoms. The molecule has 9 nitrogen and oxygen atoms in total. The number of nitrogens with zero attached hydrogens (tertiary/aromatic N) is 6. The number of hydrogen-bond donors (Lipinski definition) is 0. The van der Waals surface area contributed by atoms with Crippen LogP contribution in [0.4, 0.5) is 0 Å². The van der Waals surface area contributed by atoms with Crippen LogP contribution in [0.25, 0.3) is 0 Å². The second-order valence-corrected chi connectivity index (χ2v) is 8.13. The fourth-order valence-corrected chi connectivity index (χ4v) is 4.13. The fourth-order valence-electron chi connectivity index (χ4n) is 3.26. The van der Waals surface area contributed by atoms with E-state index in [1.54, 1.807) is 9.58 Å². The quantitative estimate of drug-likeness (QED) is 0.714. The summed E-state index contributed by atoms with van der Waals surface area (Å²) in [6, 6.07) is 0. The van der Waals surface area contributed by atoms with Gasteiger partial charge >= 0.3 is 0 Å². The second-order valence-electron chi connectivity index (χ2n) is 6.15. The molecule has 23 heavy (non-hydrogen) atoms. The summed E-state index contributed by atoms with van der Waals surface area (Å²) in [5.41, 5.74) is 0. The minimum absolute atomic E-state index is 0.0123. The van der Waals surface area contributed by atoms with Crippen molar-refractivity contribution < 1.29 is 13.2 Å². The van der Waals surface area contributed by atoms with E-state index in [0.717, 1.165) is 25.8 Å². The zero-order chi connectivity index (χ0) is 16.4. The van der Waals surface area contributed by atoms with Crippen molar-refractivity contribution in [3.8, 4) is 0 Å². The molecular formula is C13H22N6O3S. The summed E-state index contributed by atoms with van der Waals surface area (Å²) in [6.07, 6.45) is 4.51. The summed E-state index contributed by atoms with van der Waals surface area (Å²) >= 11 is 0. The molecule has 1 amide bonds. The first-order chi connectivity index (χ1) is 11.0. The summed E-state index contributed by atoms with van der Waals surface area (Å²) < 4.78 is 26.5. The van der Waals surface area contributed by atoms with Crippen LogP contribution in [0.1, 0.15) is 37.4 Å². The van der Waals surface area contributed by atoms with Crippen LogP contribution in [-0.4, -0.2) is 76.2 Å². The summed E-state index contributed by atoms with van der Waals surface area (Å²) in [7, 11) is -3.21. The van der Waals surface area contributed by atoms with Crippen molar-refractivity contribution in [1.29, 1.82) is 0 Å². The fraction of sp³-hybridized carbons (Fsp3) is 0.846. The van der Waals surface area contributed by atoms with Crippen molar-refractivity contribution in [1.82, 2.24) is 29.4 Å². The Morgan fingerprint density at radius 2 is 1.91 bits per heavy atom. The molecule has 128 valence electrons. The highest BCUT2D eigenvalue weighted by molar-refractivity contribution is 7.88. The maximum Gasteiger partial charge on any atom is 0.233 e. The van der Waals surface area contributed by atoms with E-state index in [9.17, 15) is 13.2 Å². The first-order valence-electron chi connectivity index (χ1n) is 7.97. The number of aryl methyl sites for hydroxylation is 1. The first-order valence-corrected chi connectivity index (χ1v) is 9.81. The van der Waals surface area contributed by atoms with Crippen molar-refractivity contribution in [3.63, 3.8) is 0 Å². The lowest BCUT2D eigenvalue weighted by Gasteiger charge is -2.25. The topological polar surface area (TPSA) is 101 Å². The van der Waals surface area contributed by atoms with Gasteiger partial charge in [0, 0.05) is 32.7 Å². The number of amides is 1. The van der Waals surface area contributed by atoms with Crippen molar-refractivity contribution in [2.45, 2.75) is 38.1 Å². The molecule has 1 fully saturated rings. The molecule has 1 aromatic rings.